The Labute approximate surface area is 260 Å². The number of amides is 2. The molecule has 0 heterocycles. The molecular weight excluding hydrogens is 641 g/mol. The van der Waals surface area contributed by atoms with Gasteiger partial charge in [-0.2, -0.15) is 0 Å². The topological polar surface area (TPSA) is 67.9 Å². The van der Waals surface area contributed by atoms with Crippen LogP contribution in [-0.4, -0.2) is 18.4 Å². The van der Waals surface area contributed by atoms with Crippen molar-refractivity contribution in [1.82, 2.24) is 0 Å². The highest BCUT2D eigenvalue weighted by molar-refractivity contribution is 6.41. The van der Waals surface area contributed by atoms with E-state index in [2.05, 4.69) is 5.32 Å². The van der Waals surface area contributed by atoms with E-state index in [4.69, 9.17) is 79.1 Å². The maximum Gasteiger partial charge on any atom is 0.244 e. The molecule has 2 amide bonds. The fourth-order valence-corrected chi connectivity index (χ4v) is 5.31. The van der Waals surface area contributed by atoms with E-state index in [0.717, 1.165) is 0 Å². The highest BCUT2D eigenvalue weighted by atomic mass is 35.5. The average Bonchev–Trinajstić information content (AvgIpc) is 2.88. The molecule has 0 unspecified atom stereocenters. The van der Waals surface area contributed by atoms with Crippen molar-refractivity contribution in [3.05, 3.63) is 103 Å². The summed E-state index contributed by atoms with van der Waals surface area (Å²) in [5.41, 5.74) is 0.985. The third kappa shape index (κ3) is 7.67. The quantitative estimate of drug-likeness (QED) is 0.205. The summed E-state index contributed by atoms with van der Waals surface area (Å²) in [5, 5.41) is 4.55. The third-order valence-corrected chi connectivity index (χ3v) is 6.89. The number of ether oxygens (including phenoxy) is 2. The van der Waals surface area contributed by atoms with Crippen LogP contribution in [0.2, 0.25) is 30.1 Å². The molecule has 4 aromatic rings. The molecule has 0 atom stereocenters. The Bertz CT molecular complexity index is 1520. The lowest BCUT2D eigenvalue weighted by atomic mass is 10.2. The number of carbonyl (C=O) groups is 2. The van der Waals surface area contributed by atoms with Gasteiger partial charge in [0.15, 0.2) is 11.5 Å². The summed E-state index contributed by atoms with van der Waals surface area (Å²) in [6.07, 6.45) is 0. The van der Waals surface area contributed by atoms with Crippen molar-refractivity contribution in [3.63, 3.8) is 0 Å². The molecule has 4 aromatic carbocycles. The highest BCUT2D eigenvalue weighted by Crippen LogP contribution is 2.40. The van der Waals surface area contributed by atoms with Gasteiger partial charge in [-0.15, -0.1) is 0 Å². The molecule has 0 fully saturated rings. The molecule has 206 valence electrons. The largest absolute Gasteiger partial charge is 0.454 e. The summed E-state index contributed by atoms with van der Waals surface area (Å²) >= 11 is 36.6. The number of halogens is 6. The van der Waals surface area contributed by atoms with Gasteiger partial charge >= 0.3 is 0 Å². The highest BCUT2D eigenvalue weighted by Gasteiger charge is 2.17. The Kier molecular flexibility index (Phi) is 9.95. The number of rotatable bonds is 8. The zero-order valence-corrected chi connectivity index (χ0v) is 25.0. The van der Waals surface area contributed by atoms with E-state index >= 15 is 0 Å². The van der Waals surface area contributed by atoms with Crippen LogP contribution >= 0.6 is 69.6 Å². The second-order valence-corrected chi connectivity index (χ2v) is 10.8. The SMILES string of the molecule is CC(=O)N(CC(=O)Nc1ccc(Oc2c(Cl)cc(Cl)cc2Cl)cc1)c1ccc(Oc2c(Cl)cc(Cl)cc2Cl)cc1. The number of hydrogen-bond acceptors (Lipinski definition) is 4. The molecule has 0 saturated carbocycles. The first kappa shape index (κ1) is 30.1. The van der Waals surface area contributed by atoms with Gasteiger partial charge in [-0.05, 0) is 72.8 Å². The van der Waals surface area contributed by atoms with Crippen molar-refractivity contribution in [3.8, 4) is 23.0 Å². The summed E-state index contributed by atoms with van der Waals surface area (Å²) in [4.78, 5) is 26.4. The predicted octanol–water partition coefficient (Wildman–Crippen LogP) is 10.2. The predicted molar refractivity (Wildman–Crippen MR) is 163 cm³/mol. The van der Waals surface area contributed by atoms with Gasteiger partial charge in [-0.1, -0.05) is 69.6 Å². The van der Waals surface area contributed by atoms with Crippen LogP contribution in [0.3, 0.4) is 0 Å². The zero-order valence-electron chi connectivity index (χ0n) is 20.5. The third-order valence-electron chi connectivity index (χ3n) is 5.33. The Hall–Kier alpha value is -2.84. The summed E-state index contributed by atoms with van der Waals surface area (Å²) in [6.45, 7) is 1.14. The molecule has 0 bridgehead atoms. The molecule has 40 heavy (non-hydrogen) atoms. The van der Waals surface area contributed by atoms with Crippen LogP contribution in [0.5, 0.6) is 23.0 Å². The first-order valence-electron chi connectivity index (χ1n) is 11.4. The van der Waals surface area contributed by atoms with Crippen molar-refractivity contribution >= 4 is 92.8 Å². The van der Waals surface area contributed by atoms with Gasteiger partial charge in [0, 0.05) is 28.3 Å². The first-order valence-corrected chi connectivity index (χ1v) is 13.7. The molecule has 0 aliphatic rings. The minimum atomic E-state index is -0.410. The summed E-state index contributed by atoms with van der Waals surface area (Å²) < 4.78 is 11.5. The van der Waals surface area contributed by atoms with E-state index in [9.17, 15) is 9.59 Å². The number of carbonyl (C=O) groups excluding carboxylic acids is 2. The van der Waals surface area contributed by atoms with Gasteiger partial charge in [-0.3, -0.25) is 9.59 Å². The summed E-state index contributed by atoms with van der Waals surface area (Å²) in [6, 6.07) is 19.2. The minimum absolute atomic E-state index is 0.224. The van der Waals surface area contributed by atoms with Crippen LogP contribution in [0, 0.1) is 0 Å². The second kappa shape index (κ2) is 13.2. The molecule has 0 aromatic heterocycles. The Morgan fingerprint density at radius 2 is 1.07 bits per heavy atom. The van der Waals surface area contributed by atoms with Crippen LogP contribution in [0.15, 0.2) is 72.8 Å². The van der Waals surface area contributed by atoms with Crippen LogP contribution in [-0.2, 0) is 9.59 Å². The Balaban J connectivity index is 1.39. The molecule has 6 nitrogen and oxygen atoms in total. The Morgan fingerprint density at radius 3 is 1.48 bits per heavy atom. The molecule has 0 aliphatic heterocycles. The number of hydrogen-bond donors (Lipinski definition) is 1. The summed E-state index contributed by atoms with van der Waals surface area (Å²) in [7, 11) is 0. The van der Waals surface area contributed by atoms with Gasteiger partial charge in [0.1, 0.15) is 18.0 Å². The standard InChI is InChI=1S/C28H18Cl6N2O4/c1-15(37)36(19-4-8-21(9-5-19)40-28-24(33)12-17(30)13-25(28)34)14-26(38)35-18-2-6-20(7-3-18)39-27-22(31)10-16(29)11-23(27)32/h2-13H,14H2,1H3,(H,35,38). The lowest BCUT2D eigenvalue weighted by Crippen LogP contribution is -2.36. The molecule has 0 aliphatic carbocycles. The van der Waals surface area contributed by atoms with Gasteiger partial charge in [0.2, 0.25) is 11.8 Å². The van der Waals surface area contributed by atoms with Gasteiger partial charge in [-0.25, -0.2) is 0 Å². The molecule has 12 heteroatoms. The monoisotopic (exact) mass is 656 g/mol. The maximum absolute atomic E-state index is 12.8. The molecule has 1 N–H and O–H groups in total. The maximum atomic E-state index is 12.8. The summed E-state index contributed by atoms with van der Waals surface area (Å²) in [5.74, 6) is 0.640. The molecule has 4 rings (SSSR count). The van der Waals surface area contributed by atoms with Crippen LogP contribution < -0.4 is 19.7 Å². The molecular formula is C28H18Cl6N2O4. The number of nitrogens with zero attached hydrogens (tertiary/aromatic N) is 1. The first-order chi connectivity index (χ1) is 19.0. The fourth-order valence-electron chi connectivity index (χ4n) is 3.52. The molecule has 0 radical (unpaired) electrons. The van der Waals surface area contributed by atoms with Gasteiger partial charge in [0.25, 0.3) is 0 Å². The molecule has 0 saturated heterocycles. The minimum Gasteiger partial charge on any atom is -0.454 e. The normalized spacial score (nSPS) is 10.7. The van der Waals surface area contributed by atoms with Crippen LogP contribution in [0.25, 0.3) is 0 Å². The Morgan fingerprint density at radius 1 is 0.675 bits per heavy atom. The van der Waals surface area contributed by atoms with E-state index in [1.165, 1.54) is 36.1 Å². The molecule has 0 spiro atoms. The van der Waals surface area contributed by atoms with E-state index in [1.54, 1.807) is 48.5 Å². The van der Waals surface area contributed by atoms with E-state index in [0.29, 0.717) is 32.9 Å². The smallest absolute Gasteiger partial charge is 0.244 e. The second-order valence-electron chi connectivity index (χ2n) is 8.27. The van der Waals surface area contributed by atoms with E-state index in [1.807, 2.05) is 0 Å². The van der Waals surface area contributed by atoms with Crippen molar-refractivity contribution in [1.29, 1.82) is 0 Å². The van der Waals surface area contributed by atoms with Crippen molar-refractivity contribution in [2.45, 2.75) is 6.92 Å². The number of anilines is 2. The lowest BCUT2D eigenvalue weighted by Gasteiger charge is -2.21. The van der Waals surface area contributed by atoms with Gasteiger partial charge in [0.05, 0.1) is 20.1 Å². The average molecular weight is 659 g/mol. The van der Waals surface area contributed by atoms with Gasteiger partial charge < -0.3 is 19.7 Å². The zero-order chi connectivity index (χ0) is 29.0. The van der Waals surface area contributed by atoms with Crippen LogP contribution in [0.1, 0.15) is 6.92 Å². The lowest BCUT2D eigenvalue weighted by molar-refractivity contribution is -0.120. The number of nitrogens with one attached hydrogen (secondary N) is 1. The number of benzene rings is 4. The van der Waals surface area contributed by atoms with Crippen LogP contribution in [0.4, 0.5) is 11.4 Å². The van der Waals surface area contributed by atoms with Crippen molar-refractivity contribution in [2.75, 3.05) is 16.8 Å². The van der Waals surface area contributed by atoms with E-state index in [-0.39, 0.29) is 44.0 Å². The van der Waals surface area contributed by atoms with E-state index < -0.39 is 5.91 Å². The van der Waals surface area contributed by atoms with Crippen molar-refractivity contribution in [2.24, 2.45) is 0 Å². The fraction of sp³-hybridized carbons (Fsp3) is 0.0714. The van der Waals surface area contributed by atoms with Crippen molar-refractivity contribution < 1.29 is 19.1 Å².